The number of nitrogens with zero attached hydrogens (tertiary/aromatic N) is 2. The van der Waals surface area contributed by atoms with Crippen LogP contribution in [0.25, 0.3) is 0 Å². The third-order valence-corrected chi connectivity index (χ3v) is 5.46. The number of piperidine rings is 2. The van der Waals surface area contributed by atoms with Crippen molar-refractivity contribution in [2.75, 3.05) is 26.2 Å². The Balaban J connectivity index is 1.90. The molecule has 2 rings (SSSR count). The summed E-state index contributed by atoms with van der Waals surface area (Å²) in [5, 5.41) is 0. The first kappa shape index (κ1) is 17.7. The van der Waals surface area contributed by atoms with E-state index in [4.69, 9.17) is 5.73 Å². The Morgan fingerprint density at radius 3 is 2.55 bits per heavy atom. The van der Waals surface area contributed by atoms with Crippen molar-refractivity contribution in [3.05, 3.63) is 0 Å². The molecule has 22 heavy (non-hydrogen) atoms. The largest absolute Gasteiger partial charge is 0.341 e. The fourth-order valence-corrected chi connectivity index (χ4v) is 3.74. The highest BCUT2D eigenvalue weighted by Gasteiger charge is 2.34. The first-order valence-electron chi connectivity index (χ1n) is 9.07. The molecule has 3 atom stereocenters. The minimum atomic E-state index is -0.389. The fraction of sp³-hybridized carbons (Fsp3) is 0.944. The first-order valence-corrected chi connectivity index (χ1v) is 9.07. The van der Waals surface area contributed by atoms with Crippen LogP contribution in [0.3, 0.4) is 0 Å². The third-order valence-electron chi connectivity index (χ3n) is 5.46. The lowest BCUT2D eigenvalue weighted by atomic mass is 9.85. The molecule has 4 nitrogen and oxygen atoms in total. The average molecular weight is 309 g/mol. The number of carbonyl (C=O) groups is 1. The summed E-state index contributed by atoms with van der Waals surface area (Å²) in [5.41, 5.74) is 6.01. The van der Waals surface area contributed by atoms with Gasteiger partial charge in [0.2, 0.25) is 5.91 Å². The topological polar surface area (TPSA) is 49.6 Å². The second-order valence-corrected chi connectivity index (χ2v) is 8.48. The quantitative estimate of drug-likeness (QED) is 0.871. The van der Waals surface area contributed by atoms with Crippen LogP contribution in [0, 0.1) is 11.3 Å². The summed E-state index contributed by atoms with van der Waals surface area (Å²) in [5.74, 6) is 0.759. The Labute approximate surface area is 136 Å². The number of carbonyl (C=O) groups excluding carboxylic acids is 1. The van der Waals surface area contributed by atoms with Crippen LogP contribution in [-0.4, -0.2) is 54.0 Å². The van der Waals surface area contributed by atoms with Crippen LogP contribution in [-0.2, 0) is 4.79 Å². The van der Waals surface area contributed by atoms with Gasteiger partial charge in [-0.2, -0.15) is 0 Å². The van der Waals surface area contributed by atoms with Gasteiger partial charge in [0.1, 0.15) is 0 Å². The molecule has 2 saturated heterocycles. The summed E-state index contributed by atoms with van der Waals surface area (Å²) >= 11 is 0. The molecule has 4 heteroatoms. The monoisotopic (exact) mass is 309 g/mol. The van der Waals surface area contributed by atoms with E-state index in [0.29, 0.717) is 12.0 Å². The number of likely N-dealkylation sites (tertiary alicyclic amines) is 2. The molecule has 2 heterocycles. The number of rotatable bonds is 3. The molecule has 0 bridgehead atoms. The number of hydrogen-bond donors (Lipinski definition) is 1. The Morgan fingerprint density at radius 2 is 1.91 bits per heavy atom. The van der Waals surface area contributed by atoms with Crippen molar-refractivity contribution in [2.45, 2.75) is 71.9 Å². The van der Waals surface area contributed by atoms with Gasteiger partial charge in [0.15, 0.2) is 0 Å². The van der Waals surface area contributed by atoms with Crippen molar-refractivity contribution in [1.82, 2.24) is 9.80 Å². The van der Waals surface area contributed by atoms with E-state index in [1.165, 1.54) is 32.2 Å². The van der Waals surface area contributed by atoms with Gasteiger partial charge in [-0.3, -0.25) is 4.79 Å². The van der Waals surface area contributed by atoms with Gasteiger partial charge in [-0.15, -0.1) is 0 Å². The minimum Gasteiger partial charge on any atom is -0.341 e. The van der Waals surface area contributed by atoms with Crippen molar-refractivity contribution >= 4 is 5.91 Å². The highest BCUT2D eigenvalue weighted by Crippen LogP contribution is 2.25. The van der Waals surface area contributed by atoms with Gasteiger partial charge in [0.25, 0.3) is 0 Å². The maximum Gasteiger partial charge on any atom is 0.240 e. The zero-order chi connectivity index (χ0) is 16.3. The molecule has 2 N–H and O–H groups in total. The second kappa shape index (κ2) is 7.31. The van der Waals surface area contributed by atoms with E-state index in [2.05, 4.69) is 11.8 Å². The van der Waals surface area contributed by atoms with Gasteiger partial charge in [-0.1, -0.05) is 27.2 Å². The predicted molar refractivity (Wildman–Crippen MR) is 91.6 cm³/mol. The first-order chi connectivity index (χ1) is 10.3. The molecule has 0 unspecified atom stereocenters. The van der Waals surface area contributed by atoms with Crippen molar-refractivity contribution in [1.29, 1.82) is 0 Å². The lowest BCUT2D eigenvalue weighted by molar-refractivity contribution is -0.137. The van der Waals surface area contributed by atoms with Gasteiger partial charge in [0, 0.05) is 25.7 Å². The fourth-order valence-electron chi connectivity index (χ4n) is 3.74. The smallest absolute Gasteiger partial charge is 0.240 e. The van der Waals surface area contributed by atoms with Gasteiger partial charge in [-0.25, -0.2) is 0 Å². The van der Waals surface area contributed by atoms with Crippen LogP contribution in [0.2, 0.25) is 0 Å². The maximum atomic E-state index is 12.6. The summed E-state index contributed by atoms with van der Waals surface area (Å²) in [7, 11) is 0. The van der Waals surface area contributed by atoms with Crippen LogP contribution in [0.1, 0.15) is 59.8 Å². The van der Waals surface area contributed by atoms with E-state index in [0.717, 1.165) is 26.1 Å². The standard InChI is InChI=1S/C18H35N3O/c1-14-8-5-6-10-20(14)12-15-9-7-11-21(13-15)17(22)16(19)18(2,3)4/h14-16H,5-13,19H2,1-4H3/t14-,15-,16+/m0/s1. The Bertz CT molecular complexity index is 377. The van der Waals surface area contributed by atoms with E-state index in [-0.39, 0.29) is 17.4 Å². The van der Waals surface area contributed by atoms with E-state index in [1.54, 1.807) is 0 Å². The van der Waals surface area contributed by atoms with Gasteiger partial charge < -0.3 is 15.5 Å². The van der Waals surface area contributed by atoms with E-state index in [9.17, 15) is 4.79 Å². The Kier molecular flexibility index (Phi) is 5.89. The molecule has 0 aromatic heterocycles. The molecule has 0 saturated carbocycles. The van der Waals surface area contributed by atoms with E-state index < -0.39 is 0 Å². The van der Waals surface area contributed by atoms with Crippen LogP contribution in [0.5, 0.6) is 0 Å². The van der Waals surface area contributed by atoms with Crippen molar-refractivity contribution in [3.63, 3.8) is 0 Å². The number of amides is 1. The Hall–Kier alpha value is -0.610. The average Bonchev–Trinajstić information content (AvgIpc) is 2.47. The van der Waals surface area contributed by atoms with Gasteiger partial charge in [0.05, 0.1) is 6.04 Å². The third kappa shape index (κ3) is 4.45. The van der Waals surface area contributed by atoms with Gasteiger partial charge >= 0.3 is 0 Å². The molecular formula is C18H35N3O. The highest BCUT2D eigenvalue weighted by molar-refractivity contribution is 5.82. The highest BCUT2D eigenvalue weighted by atomic mass is 16.2. The van der Waals surface area contributed by atoms with E-state index in [1.807, 2.05) is 25.7 Å². The van der Waals surface area contributed by atoms with Crippen molar-refractivity contribution in [2.24, 2.45) is 17.1 Å². The lowest BCUT2D eigenvalue weighted by Crippen LogP contribution is -2.54. The van der Waals surface area contributed by atoms with E-state index >= 15 is 0 Å². The normalized spacial score (nSPS) is 29.4. The molecule has 1 amide bonds. The number of nitrogens with two attached hydrogens (primary N) is 1. The summed E-state index contributed by atoms with van der Waals surface area (Å²) in [6.07, 6.45) is 6.39. The van der Waals surface area contributed by atoms with Crippen LogP contribution in [0.4, 0.5) is 0 Å². The van der Waals surface area contributed by atoms with Crippen molar-refractivity contribution in [3.8, 4) is 0 Å². The predicted octanol–water partition coefficient (Wildman–Crippen LogP) is 2.47. The Morgan fingerprint density at radius 1 is 1.18 bits per heavy atom. The van der Waals surface area contributed by atoms with Gasteiger partial charge in [-0.05, 0) is 50.5 Å². The molecule has 128 valence electrons. The maximum absolute atomic E-state index is 12.6. The molecule has 0 aromatic rings. The van der Waals surface area contributed by atoms with Crippen LogP contribution in [0.15, 0.2) is 0 Å². The van der Waals surface area contributed by atoms with Crippen LogP contribution < -0.4 is 5.73 Å². The SMILES string of the molecule is C[C@H]1CCCCN1C[C@@H]1CCCN(C(=O)[C@@H](N)C(C)(C)C)C1. The molecule has 0 aliphatic carbocycles. The molecule has 0 spiro atoms. The minimum absolute atomic E-state index is 0.142. The lowest BCUT2D eigenvalue weighted by Gasteiger charge is -2.41. The molecule has 2 aliphatic heterocycles. The summed E-state index contributed by atoms with van der Waals surface area (Å²) in [6.45, 7) is 12.6. The molecule has 0 aromatic carbocycles. The molecule has 0 radical (unpaired) electrons. The summed E-state index contributed by atoms with van der Waals surface area (Å²) < 4.78 is 0. The summed E-state index contributed by atoms with van der Waals surface area (Å²) in [6, 6.07) is 0.317. The van der Waals surface area contributed by atoms with Crippen LogP contribution >= 0.6 is 0 Å². The molecule has 2 aliphatic rings. The summed E-state index contributed by atoms with van der Waals surface area (Å²) in [4.78, 5) is 17.3. The zero-order valence-corrected chi connectivity index (χ0v) is 15.0. The molecular weight excluding hydrogens is 274 g/mol. The second-order valence-electron chi connectivity index (χ2n) is 8.48. The molecule has 2 fully saturated rings. The zero-order valence-electron chi connectivity index (χ0n) is 15.0. The van der Waals surface area contributed by atoms with Crippen molar-refractivity contribution < 1.29 is 4.79 Å². The number of hydrogen-bond acceptors (Lipinski definition) is 3.